The molecule has 0 fully saturated rings. The first-order valence-electron chi connectivity index (χ1n) is 4.83. The molecule has 0 saturated carbocycles. The summed E-state index contributed by atoms with van der Waals surface area (Å²) < 4.78 is 0. The van der Waals surface area contributed by atoms with Crippen LogP contribution < -0.4 is 0 Å². The lowest BCUT2D eigenvalue weighted by Crippen LogP contribution is -2.02. The van der Waals surface area contributed by atoms with Crippen LogP contribution in [0.5, 0.6) is 0 Å². The van der Waals surface area contributed by atoms with Gasteiger partial charge in [0.1, 0.15) is 0 Å². The zero-order chi connectivity index (χ0) is 11.5. The number of hydrogen-bond donors (Lipinski definition) is 0. The van der Waals surface area contributed by atoms with Crippen LogP contribution in [-0.4, -0.2) is 26.2 Å². The number of hydrogen-bond acceptors (Lipinski definition) is 5. The molecule has 0 spiro atoms. The molecule has 2 rings (SSSR count). The van der Waals surface area contributed by atoms with Crippen LogP contribution in [0.3, 0.4) is 0 Å². The van der Waals surface area contributed by atoms with Crippen molar-refractivity contribution in [1.29, 1.82) is 0 Å². The third-order valence-electron chi connectivity index (χ3n) is 2.13. The number of aryl methyl sites for hydroxylation is 1. The van der Waals surface area contributed by atoms with Crippen LogP contribution in [0.15, 0.2) is 24.3 Å². The summed E-state index contributed by atoms with van der Waals surface area (Å²) in [5, 5.41) is 15.5. The highest BCUT2D eigenvalue weighted by molar-refractivity contribution is 5.99. The maximum Gasteiger partial charge on any atom is 0.204 e. The largest absolute Gasteiger partial charge is 0.294 e. The quantitative estimate of drug-likeness (QED) is 0.707. The van der Waals surface area contributed by atoms with Crippen molar-refractivity contribution in [3.05, 3.63) is 35.7 Å². The molecule has 1 heterocycles. The Bertz CT molecular complexity index is 522. The Balaban J connectivity index is 2.55. The van der Waals surface area contributed by atoms with Gasteiger partial charge in [-0.25, -0.2) is 0 Å². The summed E-state index contributed by atoms with van der Waals surface area (Å²) in [6.45, 7) is 3.22. The maximum atomic E-state index is 11.4. The highest BCUT2D eigenvalue weighted by Gasteiger charge is 2.11. The smallest absolute Gasteiger partial charge is 0.204 e. The zero-order valence-electron chi connectivity index (χ0n) is 9.01. The molecule has 0 aliphatic heterocycles. The topological polar surface area (TPSA) is 68.6 Å². The summed E-state index contributed by atoms with van der Waals surface area (Å²) in [5.41, 5.74) is 1.24. The van der Waals surface area contributed by atoms with Crippen molar-refractivity contribution in [3.63, 3.8) is 0 Å². The standard InChI is InChI=1S/C11H10N4O/c1-7(16)9-5-3-4-6-10(9)11-14-12-8(2)13-15-11/h3-6H,1-2H3. The predicted octanol–water partition coefficient (Wildman–Crippen LogP) is 1.44. The van der Waals surface area contributed by atoms with Crippen molar-refractivity contribution in [2.75, 3.05) is 0 Å². The van der Waals surface area contributed by atoms with E-state index in [-0.39, 0.29) is 5.78 Å². The Kier molecular flexibility index (Phi) is 2.68. The Morgan fingerprint density at radius 1 is 1.06 bits per heavy atom. The van der Waals surface area contributed by atoms with E-state index in [4.69, 9.17) is 0 Å². The second kappa shape index (κ2) is 4.14. The number of rotatable bonds is 2. The van der Waals surface area contributed by atoms with Gasteiger partial charge in [0.25, 0.3) is 0 Å². The molecule has 16 heavy (non-hydrogen) atoms. The van der Waals surface area contributed by atoms with Gasteiger partial charge in [-0.05, 0) is 13.8 Å². The average molecular weight is 214 g/mol. The van der Waals surface area contributed by atoms with E-state index in [9.17, 15) is 4.79 Å². The van der Waals surface area contributed by atoms with Gasteiger partial charge >= 0.3 is 0 Å². The number of ketones is 1. The van der Waals surface area contributed by atoms with E-state index >= 15 is 0 Å². The third-order valence-corrected chi connectivity index (χ3v) is 2.13. The minimum atomic E-state index is -0.0280. The minimum absolute atomic E-state index is 0.0280. The molecule has 0 radical (unpaired) electrons. The number of aromatic nitrogens is 4. The van der Waals surface area contributed by atoms with Crippen LogP contribution in [0.1, 0.15) is 23.1 Å². The van der Waals surface area contributed by atoms with Crippen molar-refractivity contribution in [3.8, 4) is 11.4 Å². The predicted molar refractivity (Wildman–Crippen MR) is 57.8 cm³/mol. The lowest BCUT2D eigenvalue weighted by Gasteiger charge is -2.03. The first kappa shape index (κ1) is 10.4. The zero-order valence-corrected chi connectivity index (χ0v) is 9.01. The van der Waals surface area contributed by atoms with Crippen LogP contribution in [0.4, 0.5) is 0 Å². The number of carbonyl (C=O) groups excluding carboxylic acids is 1. The summed E-state index contributed by atoms with van der Waals surface area (Å²) in [5.74, 6) is 0.847. The van der Waals surface area contributed by atoms with Crippen LogP contribution in [-0.2, 0) is 0 Å². The Labute approximate surface area is 92.6 Å². The molecule has 0 atom stereocenters. The van der Waals surface area contributed by atoms with Crippen molar-refractivity contribution in [1.82, 2.24) is 20.4 Å². The van der Waals surface area contributed by atoms with Gasteiger partial charge in [0.2, 0.25) is 5.82 Å². The molecule has 0 bridgehead atoms. The summed E-state index contributed by atoms with van der Waals surface area (Å²) in [6.07, 6.45) is 0. The monoisotopic (exact) mass is 214 g/mol. The van der Waals surface area contributed by atoms with Gasteiger partial charge in [0, 0.05) is 11.1 Å². The van der Waals surface area contributed by atoms with Crippen molar-refractivity contribution in [2.45, 2.75) is 13.8 Å². The number of Topliss-reactive ketones (excluding diaryl/α,β-unsaturated/α-hetero) is 1. The van der Waals surface area contributed by atoms with Gasteiger partial charge < -0.3 is 0 Å². The fraction of sp³-hybridized carbons (Fsp3) is 0.182. The molecule has 0 unspecified atom stereocenters. The van der Waals surface area contributed by atoms with Gasteiger partial charge in [-0.2, -0.15) is 0 Å². The Hall–Kier alpha value is -2.17. The Morgan fingerprint density at radius 3 is 2.31 bits per heavy atom. The third kappa shape index (κ3) is 1.93. The van der Waals surface area contributed by atoms with E-state index in [1.165, 1.54) is 6.92 Å². The average Bonchev–Trinajstić information content (AvgIpc) is 2.30. The van der Waals surface area contributed by atoms with E-state index in [1.54, 1.807) is 25.1 Å². The highest BCUT2D eigenvalue weighted by Crippen LogP contribution is 2.18. The molecule has 0 amide bonds. The van der Waals surface area contributed by atoms with Gasteiger partial charge in [-0.3, -0.25) is 4.79 Å². The normalized spacial score (nSPS) is 10.1. The minimum Gasteiger partial charge on any atom is -0.294 e. The summed E-state index contributed by atoms with van der Waals surface area (Å²) in [6, 6.07) is 7.14. The molecule has 1 aromatic heterocycles. The highest BCUT2D eigenvalue weighted by atomic mass is 16.1. The fourth-order valence-corrected chi connectivity index (χ4v) is 1.37. The summed E-state index contributed by atoms with van der Waals surface area (Å²) >= 11 is 0. The Morgan fingerprint density at radius 2 is 1.69 bits per heavy atom. The van der Waals surface area contributed by atoms with E-state index < -0.39 is 0 Å². The lowest BCUT2D eigenvalue weighted by molar-refractivity contribution is 0.101. The van der Waals surface area contributed by atoms with E-state index in [0.717, 1.165) is 0 Å². The van der Waals surface area contributed by atoms with Crippen molar-refractivity contribution < 1.29 is 4.79 Å². The molecule has 0 aliphatic carbocycles. The summed E-state index contributed by atoms with van der Waals surface area (Å²) in [4.78, 5) is 11.4. The molecular weight excluding hydrogens is 204 g/mol. The van der Waals surface area contributed by atoms with Gasteiger partial charge in [-0.15, -0.1) is 20.4 Å². The van der Waals surface area contributed by atoms with Gasteiger partial charge in [0.05, 0.1) is 0 Å². The molecule has 2 aromatic rings. The van der Waals surface area contributed by atoms with Crippen molar-refractivity contribution >= 4 is 5.78 Å². The first-order valence-corrected chi connectivity index (χ1v) is 4.83. The number of carbonyl (C=O) groups is 1. The van der Waals surface area contributed by atoms with Crippen LogP contribution >= 0.6 is 0 Å². The molecule has 1 aromatic carbocycles. The van der Waals surface area contributed by atoms with Crippen molar-refractivity contribution in [2.24, 2.45) is 0 Å². The van der Waals surface area contributed by atoms with E-state index in [1.807, 2.05) is 6.07 Å². The molecule has 0 aliphatic rings. The van der Waals surface area contributed by atoms with E-state index in [2.05, 4.69) is 20.4 Å². The first-order chi connectivity index (χ1) is 7.68. The van der Waals surface area contributed by atoms with E-state index in [0.29, 0.717) is 22.8 Å². The molecule has 5 nitrogen and oxygen atoms in total. The fourth-order valence-electron chi connectivity index (χ4n) is 1.37. The summed E-state index contributed by atoms with van der Waals surface area (Å²) in [7, 11) is 0. The van der Waals surface area contributed by atoms with Crippen LogP contribution in [0.25, 0.3) is 11.4 Å². The molecule has 0 N–H and O–H groups in total. The van der Waals surface area contributed by atoms with Gasteiger partial charge in [-0.1, -0.05) is 24.3 Å². The molecule has 0 saturated heterocycles. The second-order valence-corrected chi connectivity index (χ2v) is 3.37. The second-order valence-electron chi connectivity index (χ2n) is 3.37. The molecular formula is C11H10N4O. The number of nitrogens with zero attached hydrogens (tertiary/aromatic N) is 4. The van der Waals surface area contributed by atoms with Crippen LogP contribution in [0, 0.1) is 6.92 Å². The molecule has 80 valence electrons. The lowest BCUT2D eigenvalue weighted by atomic mass is 10.0. The SMILES string of the molecule is CC(=O)c1ccccc1-c1nnc(C)nn1. The van der Waals surface area contributed by atoms with Crippen LogP contribution in [0.2, 0.25) is 0 Å². The maximum absolute atomic E-state index is 11.4. The van der Waals surface area contributed by atoms with Gasteiger partial charge in [0.15, 0.2) is 11.6 Å². The number of benzene rings is 1. The molecule has 5 heteroatoms.